The summed E-state index contributed by atoms with van der Waals surface area (Å²) in [6.45, 7) is 4.32. The van der Waals surface area contributed by atoms with Crippen LogP contribution in [0.2, 0.25) is 0 Å². The Labute approximate surface area is 172 Å². The van der Waals surface area contributed by atoms with Crippen LogP contribution in [0.3, 0.4) is 0 Å². The molecule has 2 aliphatic rings. The van der Waals surface area contributed by atoms with Crippen LogP contribution in [0.5, 0.6) is 0 Å². The van der Waals surface area contributed by atoms with Gasteiger partial charge in [0.1, 0.15) is 10.8 Å². The summed E-state index contributed by atoms with van der Waals surface area (Å²) in [5, 5.41) is 5.06. The monoisotopic (exact) mass is 411 g/mol. The second-order valence-corrected chi connectivity index (χ2v) is 8.83. The Morgan fingerprint density at radius 1 is 1.14 bits per heavy atom. The van der Waals surface area contributed by atoms with Gasteiger partial charge in [-0.2, -0.15) is 5.10 Å². The summed E-state index contributed by atoms with van der Waals surface area (Å²) in [5.41, 5.74) is 8.16. The second kappa shape index (κ2) is 7.07. The average Bonchev–Trinajstić information content (AvgIpc) is 3.28. The number of fused-ring (bicyclic) bond motifs is 1. The zero-order valence-electron chi connectivity index (χ0n) is 16.1. The maximum Gasteiger partial charge on any atom is 0.158 e. The normalized spacial score (nSPS) is 20.2. The van der Waals surface area contributed by atoms with Gasteiger partial charge in [-0.15, -0.1) is 0 Å². The number of aromatic nitrogens is 5. The highest BCUT2D eigenvalue weighted by Crippen LogP contribution is 2.47. The predicted octanol–water partition coefficient (Wildman–Crippen LogP) is 2.97. The van der Waals surface area contributed by atoms with Gasteiger partial charge in [-0.05, 0) is 31.9 Å². The van der Waals surface area contributed by atoms with Gasteiger partial charge >= 0.3 is 0 Å². The van der Waals surface area contributed by atoms with Gasteiger partial charge in [-0.3, -0.25) is 9.67 Å². The van der Waals surface area contributed by atoms with Crippen molar-refractivity contribution in [2.45, 2.75) is 42.3 Å². The van der Waals surface area contributed by atoms with E-state index in [2.05, 4.69) is 25.0 Å². The first-order valence-corrected chi connectivity index (χ1v) is 10.5. The molecule has 3 aromatic rings. The summed E-state index contributed by atoms with van der Waals surface area (Å²) in [5.74, 6) is 0.539. The zero-order chi connectivity index (χ0) is 20.0. The minimum absolute atomic E-state index is 0.0377. The fourth-order valence-electron chi connectivity index (χ4n) is 4.34. The standard InChI is InChI=1S/C20H22FN7S/c1-13-18(21)15(3-6-23-13)29-17-11-24-16(10-25-17)27-8-4-20(5-9-27)12-28-14(19(20)22)2-7-26-28/h2-3,6-7,10-11,19H,4-5,8-9,12,22H2,1H3/t19-/m1/s1. The van der Waals surface area contributed by atoms with Crippen LogP contribution in [0.4, 0.5) is 10.2 Å². The molecule has 1 atom stereocenters. The SMILES string of the molecule is Cc1nccc(Sc2cnc(N3CCC4(CC3)Cn3nccc3[C@H]4N)cn2)c1F. The largest absolute Gasteiger partial charge is 0.355 e. The van der Waals surface area contributed by atoms with Crippen LogP contribution < -0.4 is 10.6 Å². The number of pyridine rings is 1. The molecule has 1 fully saturated rings. The molecule has 0 saturated carbocycles. The lowest BCUT2D eigenvalue weighted by Gasteiger charge is -2.41. The minimum atomic E-state index is -0.308. The molecule has 0 radical (unpaired) electrons. The van der Waals surface area contributed by atoms with Gasteiger partial charge < -0.3 is 10.6 Å². The van der Waals surface area contributed by atoms with E-state index < -0.39 is 0 Å². The van der Waals surface area contributed by atoms with Crippen molar-refractivity contribution in [3.05, 3.63) is 54.1 Å². The van der Waals surface area contributed by atoms with Crippen molar-refractivity contribution in [1.29, 1.82) is 0 Å². The molecular weight excluding hydrogens is 389 g/mol. The summed E-state index contributed by atoms with van der Waals surface area (Å²) in [7, 11) is 0. The maximum absolute atomic E-state index is 14.2. The lowest BCUT2D eigenvalue weighted by molar-refractivity contribution is 0.170. The van der Waals surface area contributed by atoms with Crippen molar-refractivity contribution in [1.82, 2.24) is 24.7 Å². The predicted molar refractivity (Wildman–Crippen MR) is 108 cm³/mol. The molecule has 0 aliphatic carbocycles. The highest BCUT2D eigenvalue weighted by atomic mass is 32.2. The molecule has 5 heterocycles. The van der Waals surface area contributed by atoms with E-state index in [0.29, 0.717) is 15.6 Å². The molecule has 7 nitrogen and oxygen atoms in total. The number of nitrogens with two attached hydrogens (primary N) is 1. The summed E-state index contributed by atoms with van der Waals surface area (Å²) in [6.07, 6.45) is 8.90. The van der Waals surface area contributed by atoms with Crippen molar-refractivity contribution in [2.75, 3.05) is 18.0 Å². The third-order valence-electron chi connectivity index (χ3n) is 6.13. The Bertz CT molecular complexity index is 1030. The highest BCUT2D eigenvalue weighted by molar-refractivity contribution is 7.99. The molecule has 0 unspecified atom stereocenters. The Hall–Kier alpha value is -2.52. The van der Waals surface area contributed by atoms with E-state index >= 15 is 0 Å². The van der Waals surface area contributed by atoms with E-state index in [-0.39, 0.29) is 17.3 Å². The lowest BCUT2D eigenvalue weighted by atomic mass is 9.73. The van der Waals surface area contributed by atoms with E-state index in [1.807, 2.05) is 16.9 Å². The molecular formula is C20H22FN7S. The molecule has 29 heavy (non-hydrogen) atoms. The van der Waals surface area contributed by atoms with Crippen molar-refractivity contribution < 1.29 is 4.39 Å². The summed E-state index contributed by atoms with van der Waals surface area (Å²) < 4.78 is 16.2. The van der Waals surface area contributed by atoms with E-state index in [1.165, 1.54) is 11.8 Å². The van der Waals surface area contributed by atoms with Crippen molar-refractivity contribution >= 4 is 17.6 Å². The smallest absolute Gasteiger partial charge is 0.158 e. The molecule has 2 aliphatic heterocycles. The van der Waals surface area contributed by atoms with Gasteiger partial charge in [0.2, 0.25) is 0 Å². The molecule has 150 valence electrons. The number of rotatable bonds is 3. The van der Waals surface area contributed by atoms with Crippen LogP contribution in [0.1, 0.15) is 30.3 Å². The molecule has 0 amide bonds. The van der Waals surface area contributed by atoms with E-state index in [1.54, 1.807) is 31.6 Å². The van der Waals surface area contributed by atoms with E-state index in [9.17, 15) is 4.39 Å². The number of halogens is 1. The topological polar surface area (TPSA) is 85.8 Å². The number of anilines is 1. The first kappa shape index (κ1) is 18.5. The Kier molecular flexibility index (Phi) is 4.51. The van der Waals surface area contributed by atoms with Gasteiger partial charge in [-0.1, -0.05) is 11.8 Å². The van der Waals surface area contributed by atoms with Crippen LogP contribution in [-0.2, 0) is 6.54 Å². The van der Waals surface area contributed by atoms with Gasteiger partial charge in [-0.25, -0.2) is 14.4 Å². The molecule has 1 spiro atoms. The Morgan fingerprint density at radius 3 is 2.69 bits per heavy atom. The van der Waals surface area contributed by atoms with Crippen LogP contribution in [0.25, 0.3) is 0 Å². The highest BCUT2D eigenvalue weighted by Gasteiger charge is 2.46. The Morgan fingerprint density at radius 2 is 1.97 bits per heavy atom. The minimum Gasteiger partial charge on any atom is -0.355 e. The van der Waals surface area contributed by atoms with Gasteiger partial charge in [0.05, 0.1) is 34.7 Å². The Balaban J connectivity index is 1.25. The third kappa shape index (κ3) is 3.18. The van der Waals surface area contributed by atoms with Crippen molar-refractivity contribution in [2.24, 2.45) is 11.1 Å². The number of nitrogens with zero attached hydrogens (tertiary/aromatic N) is 6. The molecule has 5 rings (SSSR count). The average molecular weight is 412 g/mol. The van der Waals surface area contributed by atoms with Crippen molar-refractivity contribution in [3.63, 3.8) is 0 Å². The molecule has 0 bridgehead atoms. The maximum atomic E-state index is 14.2. The second-order valence-electron chi connectivity index (χ2n) is 7.76. The number of hydrogen-bond donors (Lipinski definition) is 1. The molecule has 2 N–H and O–H groups in total. The number of aryl methyl sites for hydroxylation is 1. The summed E-state index contributed by atoms with van der Waals surface area (Å²) in [6, 6.07) is 3.72. The van der Waals surface area contributed by atoms with Crippen LogP contribution >= 0.6 is 11.8 Å². The summed E-state index contributed by atoms with van der Waals surface area (Å²) >= 11 is 1.26. The molecule has 1 saturated heterocycles. The zero-order valence-corrected chi connectivity index (χ0v) is 16.9. The van der Waals surface area contributed by atoms with Gasteiger partial charge in [0.25, 0.3) is 0 Å². The third-order valence-corrected chi connectivity index (χ3v) is 7.09. The van der Waals surface area contributed by atoms with Crippen LogP contribution in [0, 0.1) is 18.2 Å². The van der Waals surface area contributed by atoms with E-state index in [4.69, 9.17) is 5.73 Å². The summed E-state index contributed by atoms with van der Waals surface area (Å²) in [4.78, 5) is 15.8. The fraction of sp³-hybridized carbons (Fsp3) is 0.400. The molecule has 3 aromatic heterocycles. The molecule has 0 aromatic carbocycles. The fourth-order valence-corrected chi connectivity index (χ4v) is 5.14. The number of hydrogen-bond acceptors (Lipinski definition) is 7. The van der Waals surface area contributed by atoms with Gasteiger partial charge in [0.15, 0.2) is 5.82 Å². The first-order valence-electron chi connectivity index (χ1n) is 9.69. The molecule has 9 heteroatoms. The van der Waals surface area contributed by atoms with Crippen LogP contribution in [0.15, 0.2) is 46.8 Å². The quantitative estimate of drug-likeness (QED) is 0.709. The van der Waals surface area contributed by atoms with Crippen LogP contribution in [-0.4, -0.2) is 37.8 Å². The van der Waals surface area contributed by atoms with Crippen molar-refractivity contribution in [3.8, 4) is 0 Å². The lowest BCUT2D eigenvalue weighted by Crippen LogP contribution is -2.45. The van der Waals surface area contributed by atoms with E-state index in [0.717, 1.165) is 44.0 Å². The van der Waals surface area contributed by atoms with Gasteiger partial charge in [0, 0.05) is 37.4 Å². The number of piperidine rings is 1. The first-order chi connectivity index (χ1) is 14.1.